The summed E-state index contributed by atoms with van der Waals surface area (Å²) in [4.78, 5) is 16.2. The third-order valence-corrected chi connectivity index (χ3v) is 4.81. The monoisotopic (exact) mass is 387 g/mol. The number of carbonyl (C=O) groups is 1. The number of nitrogens with one attached hydrogen (secondary N) is 2. The highest BCUT2D eigenvalue weighted by Gasteiger charge is 2.29. The highest BCUT2D eigenvalue weighted by atomic mass is 16.5. The Morgan fingerprint density at radius 1 is 0.966 bits per heavy atom. The largest absolute Gasteiger partial charge is 0.487 e. The summed E-state index contributed by atoms with van der Waals surface area (Å²) in [7, 11) is 0. The van der Waals surface area contributed by atoms with Crippen LogP contribution in [0.4, 0.5) is 5.69 Å². The predicted octanol–water partition coefficient (Wildman–Crippen LogP) is 4.30. The lowest BCUT2D eigenvalue weighted by Gasteiger charge is -2.10. The first-order chi connectivity index (χ1) is 14.3. The Morgan fingerprint density at radius 3 is 2.52 bits per heavy atom. The molecule has 3 aromatic rings. The van der Waals surface area contributed by atoms with Gasteiger partial charge in [-0.2, -0.15) is 0 Å². The first-order valence-electron chi connectivity index (χ1n) is 9.98. The van der Waals surface area contributed by atoms with E-state index >= 15 is 0 Å². The molecule has 1 aliphatic rings. The number of anilines is 1. The Balaban J connectivity index is 1.26. The maximum Gasteiger partial charge on any atom is 0.227 e. The van der Waals surface area contributed by atoms with Crippen LogP contribution in [0.15, 0.2) is 72.9 Å². The van der Waals surface area contributed by atoms with Crippen molar-refractivity contribution in [3.8, 4) is 5.75 Å². The molecule has 29 heavy (non-hydrogen) atoms. The number of ether oxygens (including phenoxy) is 1. The summed E-state index contributed by atoms with van der Waals surface area (Å²) in [5.74, 6) is 1.18. The van der Waals surface area contributed by atoms with Gasteiger partial charge in [-0.25, -0.2) is 0 Å². The van der Waals surface area contributed by atoms with E-state index in [1.54, 1.807) is 6.20 Å². The molecule has 0 spiro atoms. The molecule has 5 heteroatoms. The van der Waals surface area contributed by atoms with E-state index in [0.717, 1.165) is 54.2 Å². The molecule has 1 aromatic heterocycles. The van der Waals surface area contributed by atoms with Gasteiger partial charge in [0, 0.05) is 30.9 Å². The molecule has 1 heterocycles. The molecule has 0 bridgehead atoms. The van der Waals surface area contributed by atoms with Gasteiger partial charge in [-0.05, 0) is 60.4 Å². The zero-order valence-corrected chi connectivity index (χ0v) is 16.3. The molecule has 2 aromatic carbocycles. The maximum absolute atomic E-state index is 11.9. The lowest BCUT2D eigenvalue weighted by atomic mass is 10.1. The molecule has 5 nitrogen and oxygen atoms in total. The standard InChI is InChI=1S/C24H25N3O2/c28-24(20-10-11-20)27-21-8-3-5-18(13-21)15-25-16-19-6-4-9-23(14-19)29-17-22-7-1-2-12-26-22/h1-9,12-14,20,25H,10-11,15-17H2,(H,27,28). The fourth-order valence-electron chi connectivity index (χ4n) is 3.09. The number of pyridine rings is 1. The average molecular weight is 387 g/mol. The van der Waals surface area contributed by atoms with Gasteiger partial charge in [0.15, 0.2) is 0 Å². The molecule has 0 radical (unpaired) electrons. The van der Waals surface area contributed by atoms with Crippen LogP contribution in [-0.2, 0) is 24.5 Å². The lowest BCUT2D eigenvalue weighted by molar-refractivity contribution is -0.117. The number of amides is 1. The minimum absolute atomic E-state index is 0.137. The van der Waals surface area contributed by atoms with Crippen LogP contribution in [0.25, 0.3) is 0 Å². The molecule has 1 fully saturated rings. The second-order valence-electron chi connectivity index (χ2n) is 7.32. The fourth-order valence-corrected chi connectivity index (χ4v) is 3.09. The number of nitrogens with zero attached hydrogens (tertiary/aromatic N) is 1. The summed E-state index contributed by atoms with van der Waals surface area (Å²) in [6.07, 6.45) is 3.79. The Kier molecular flexibility index (Phi) is 6.17. The van der Waals surface area contributed by atoms with Gasteiger partial charge in [-0.3, -0.25) is 9.78 Å². The molecule has 0 aliphatic heterocycles. The molecular weight excluding hydrogens is 362 g/mol. The molecule has 1 saturated carbocycles. The Bertz CT molecular complexity index is 955. The molecule has 4 rings (SSSR count). The molecule has 148 valence electrons. The summed E-state index contributed by atoms with van der Waals surface area (Å²) in [5, 5.41) is 6.45. The molecule has 2 N–H and O–H groups in total. The van der Waals surface area contributed by atoms with Crippen LogP contribution < -0.4 is 15.4 Å². The summed E-state index contributed by atoms with van der Waals surface area (Å²) < 4.78 is 5.84. The van der Waals surface area contributed by atoms with Crippen molar-refractivity contribution in [2.75, 3.05) is 5.32 Å². The van der Waals surface area contributed by atoms with Gasteiger partial charge in [0.25, 0.3) is 0 Å². The van der Waals surface area contributed by atoms with Gasteiger partial charge < -0.3 is 15.4 Å². The summed E-state index contributed by atoms with van der Waals surface area (Å²) >= 11 is 0. The molecule has 1 aliphatic carbocycles. The summed E-state index contributed by atoms with van der Waals surface area (Å²) in [6.45, 7) is 1.92. The first-order valence-corrected chi connectivity index (χ1v) is 9.98. The fraction of sp³-hybridized carbons (Fsp3) is 0.250. The molecule has 0 atom stereocenters. The van der Waals surface area contributed by atoms with Gasteiger partial charge in [-0.1, -0.05) is 30.3 Å². The average Bonchev–Trinajstić information content (AvgIpc) is 3.59. The summed E-state index contributed by atoms with van der Waals surface area (Å²) in [5.41, 5.74) is 4.07. The molecule has 0 unspecified atom stereocenters. The van der Waals surface area contributed by atoms with Gasteiger partial charge in [0.1, 0.15) is 12.4 Å². The first kappa shape index (κ1) is 19.2. The van der Waals surface area contributed by atoms with Gasteiger partial charge in [0.05, 0.1) is 5.69 Å². The van der Waals surface area contributed by atoms with Crippen molar-refractivity contribution < 1.29 is 9.53 Å². The van der Waals surface area contributed by atoms with Crippen LogP contribution >= 0.6 is 0 Å². The van der Waals surface area contributed by atoms with Crippen molar-refractivity contribution >= 4 is 11.6 Å². The van der Waals surface area contributed by atoms with E-state index in [2.05, 4.69) is 27.8 Å². The minimum atomic E-state index is 0.137. The second-order valence-corrected chi connectivity index (χ2v) is 7.32. The number of hydrogen-bond donors (Lipinski definition) is 2. The van der Waals surface area contributed by atoms with E-state index in [4.69, 9.17) is 4.74 Å². The highest BCUT2D eigenvalue weighted by molar-refractivity contribution is 5.94. The lowest BCUT2D eigenvalue weighted by Crippen LogP contribution is -2.15. The van der Waals surface area contributed by atoms with E-state index < -0.39 is 0 Å². The number of benzene rings is 2. The van der Waals surface area contributed by atoms with E-state index in [1.165, 1.54) is 0 Å². The smallest absolute Gasteiger partial charge is 0.227 e. The zero-order valence-electron chi connectivity index (χ0n) is 16.3. The molecule has 1 amide bonds. The van der Waals surface area contributed by atoms with Gasteiger partial charge in [-0.15, -0.1) is 0 Å². The van der Waals surface area contributed by atoms with E-state index in [1.807, 2.05) is 54.6 Å². The molecule has 0 saturated heterocycles. The van der Waals surface area contributed by atoms with Crippen molar-refractivity contribution in [3.63, 3.8) is 0 Å². The van der Waals surface area contributed by atoms with Crippen LogP contribution in [-0.4, -0.2) is 10.9 Å². The quantitative estimate of drug-likeness (QED) is 0.575. The summed E-state index contributed by atoms with van der Waals surface area (Å²) in [6, 6.07) is 21.9. The normalized spacial score (nSPS) is 13.1. The minimum Gasteiger partial charge on any atom is -0.487 e. The Morgan fingerprint density at radius 2 is 1.76 bits per heavy atom. The van der Waals surface area contributed by atoms with Crippen molar-refractivity contribution in [3.05, 3.63) is 89.7 Å². The van der Waals surface area contributed by atoms with E-state index in [0.29, 0.717) is 6.61 Å². The van der Waals surface area contributed by atoms with Crippen LogP contribution in [0.2, 0.25) is 0 Å². The second kappa shape index (κ2) is 9.34. The van der Waals surface area contributed by atoms with E-state index in [-0.39, 0.29) is 11.8 Å². The predicted molar refractivity (Wildman–Crippen MR) is 113 cm³/mol. The topological polar surface area (TPSA) is 63.2 Å². The van der Waals surface area contributed by atoms with Crippen LogP contribution in [0.3, 0.4) is 0 Å². The van der Waals surface area contributed by atoms with Crippen molar-refractivity contribution in [1.82, 2.24) is 10.3 Å². The number of aromatic nitrogens is 1. The van der Waals surface area contributed by atoms with Gasteiger partial charge >= 0.3 is 0 Å². The highest BCUT2D eigenvalue weighted by Crippen LogP contribution is 2.30. The van der Waals surface area contributed by atoms with Crippen molar-refractivity contribution in [2.45, 2.75) is 32.5 Å². The van der Waals surface area contributed by atoms with E-state index in [9.17, 15) is 4.79 Å². The number of carbonyl (C=O) groups excluding carboxylic acids is 1. The van der Waals surface area contributed by atoms with Crippen LogP contribution in [0.5, 0.6) is 5.75 Å². The Labute approximate surface area is 171 Å². The Hall–Kier alpha value is -3.18. The third-order valence-electron chi connectivity index (χ3n) is 4.81. The zero-order chi connectivity index (χ0) is 19.9. The number of rotatable bonds is 9. The van der Waals surface area contributed by atoms with Crippen molar-refractivity contribution in [1.29, 1.82) is 0 Å². The maximum atomic E-state index is 11.9. The van der Waals surface area contributed by atoms with Crippen LogP contribution in [0, 0.1) is 5.92 Å². The SMILES string of the molecule is O=C(Nc1cccc(CNCc2cccc(OCc3ccccn3)c2)c1)C1CC1. The van der Waals surface area contributed by atoms with Gasteiger partial charge in [0.2, 0.25) is 5.91 Å². The third kappa shape index (κ3) is 5.90. The van der Waals surface area contributed by atoms with Crippen molar-refractivity contribution in [2.24, 2.45) is 5.92 Å². The van der Waals surface area contributed by atoms with Crippen LogP contribution in [0.1, 0.15) is 29.7 Å². The number of hydrogen-bond acceptors (Lipinski definition) is 4. The molecular formula is C24H25N3O2.